The summed E-state index contributed by atoms with van der Waals surface area (Å²) in [6.07, 6.45) is 79.4. The van der Waals surface area contributed by atoms with Gasteiger partial charge in [0.25, 0.3) is 0 Å². The van der Waals surface area contributed by atoms with Crippen molar-refractivity contribution in [1.82, 2.24) is 0 Å². The zero-order chi connectivity index (χ0) is 49.3. The second kappa shape index (κ2) is 54.6. The second-order valence-electron chi connectivity index (χ2n) is 16.9. The highest BCUT2D eigenvalue weighted by molar-refractivity contribution is 5.71. The van der Waals surface area contributed by atoms with E-state index in [1.807, 2.05) is 54.7 Å². The highest BCUT2D eigenvalue weighted by Gasteiger charge is 2.19. The van der Waals surface area contributed by atoms with Crippen LogP contribution in [-0.2, 0) is 28.6 Å². The standard InChI is InChI=1S/C62H94O6/c1-4-7-10-13-16-19-22-25-27-29-31-33-34-37-40-43-46-49-52-55-61(64)67-58-59(57-66-60(63)54-51-48-45-42-39-36-24-21-18-15-12-9-6-3)68-62(65)56-53-50-47-44-41-38-35-32-30-28-26-23-20-17-14-11-8-5-2/h7,9-10,12,15-21,23-28,30-33,35-36,39,42,45,59H,4-6,8,11,13-14,22,29,34,37-38,40-41,43-44,46-58H2,1-3H3/b10-7+,12-9+,18-15+,19-16+,20-17+,24-21+,26-23+,27-25+,30-28+,33-31+,35-32+,39-36+,45-42+. The van der Waals surface area contributed by atoms with Gasteiger partial charge in [-0.05, 0) is 96.3 Å². The Morgan fingerprint density at radius 2 is 0.662 bits per heavy atom. The number of carbonyl (C=O) groups is 3. The summed E-state index contributed by atoms with van der Waals surface area (Å²) < 4.78 is 16.7. The molecule has 0 aromatic heterocycles. The van der Waals surface area contributed by atoms with Gasteiger partial charge in [-0.1, -0.05) is 237 Å². The Morgan fingerprint density at radius 1 is 0.324 bits per heavy atom. The highest BCUT2D eigenvalue weighted by Crippen LogP contribution is 2.12. The van der Waals surface area contributed by atoms with Crippen molar-refractivity contribution in [2.24, 2.45) is 0 Å². The topological polar surface area (TPSA) is 78.9 Å². The maximum Gasteiger partial charge on any atom is 0.306 e. The first kappa shape index (κ1) is 63.0. The molecule has 0 aliphatic heterocycles. The fraction of sp³-hybridized carbons (Fsp3) is 0.532. The van der Waals surface area contributed by atoms with E-state index in [-0.39, 0.29) is 44.0 Å². The lowest BCUT2D eigenvalue weighted by atomic mass is 10.1. The van der Waals surface area contributed by atoms with Gasteiger partial charge in [-0.2, -0.15) is 0 Å². The molecule has 0 saturated carbocycles. The summed E-state index contributed by atoms with van der Waals surface area (Å²) in [5.74, 6) is -1.05. The van der Waals surface area contributed by atoms with Gasteiger partial charge in [-0.25, -0.2) is 0 Å². The van der Waals surface area contributed by atoms with Gasteiger partial charge in [0, 0.05) is 19.3 Å². The summed E-state index contributed by atoms with van der Waals surface area (Å²) in [7, 11) is 0. The number of esters is 3. The molecule has 1 unspecified atom stereocenters. The molecule has 68 heavy (non-hydrogen) atoms. The quantitative estimate of drug-likeness (QED) is 0.0199. The number of hydrogen-bond donors (Lipinski definition) is 0. The van der Waals surface area contributed by atoms with Crippen LogP contribution in [0.2, 0.25) is 0 Å². The summed E-state index contributed by atoms with van der Waals surface area (Å²) in [4.78, 5) is 38.0. The summed E-state index contributed by atoms with van der Waals surface area (Å²) >= 11 is 0. The molecule has 6 heteroatoms. The maximum absolute atomic E-state index is 12.8. The number of ether oxygens (including phenoxy) is 3. The molecule has 0 aromatic carbocycles. The van der Waals surface area contributed by atoms with Crippen LogP contribution in [0, 0.1) is 0 Å². The molecular weight excluding hydrogens is 841 g/mol. The fourth-order valence-corrected chi connectivity index (χ4v) is 6.53. The minimum atomic E-state index is -0.834. The smallest absolute Gasteiger partial charge is 0.306 e. The average Bonchev–Trinajstić information content (AvgIpc) is 3.34. The molecule has 0 radical (unpaired) electrons. The van der Waals surface area contributed by atoms with Crippen LogP contribution in [0.1, 0.15) is 194 Å². The third-order valence-corrected chi connectivity index (χ3v) is 10.5. The second-order valence-corrected chi connectivity index (χ2v) is 16.9. The van der Waals surface area contributed by atoms with Gasteiger partial charge in [0.2, 0.25) is 0 Å². The van der Waals surface area contributed by atoms with Crippen LogP contribution in [0.3, 0.4) is 0 Å². The minimum Gasteiger partial charge on any atom is -0.462 e. The highest BCUT2D eigenvalue weighted by atomic mass is 16.6. The van der Waals surface area contributed by atoms with Gasteiger partial charge in [0.15, 0.2) is 6.10 Å². The van der Waals surface area contributed by atoms with Crippen molar-refractivity contribution in [3.63, 3.8) is 0 Å². The van der Waals surface area contributed by atoms with Gasteiger partial charge in [-0.3, -0.25) is 14.4 Å². The summed E-state index contributed by atoms with van der Waals surface area (Å²) in [5, 5.41) is 0. The largest absolute Gasteiger partial charge is 0.462 e. The Morgan fingerprint density at radius 3 is 1.13 bits per heavy atom. The van der Waals surface area contributed by atoms with Crippen molar-refractivity contribution in [3.05, 3.63) is 158 Å². The number of rotatable bonds is 45. The summed E-state index contributed by atoms with van der Waals surface area (Å²) in [6, 6.07) is 0. The van der Waals surface area contributed by atoms with E-state index < -0.39 is 6.10 Å². The monoisotopic (exact) mass is 935 g/mol. The Hall–Kier alpha value is -4.97. The van der Waals surface area contributed by atoms with Gasteiger partial charge < -0.3 is 14.2 Å². The lowest BCUT2D eigenvalue weighted by molar-refractivity contribution is -0.167. The SMILES string of the molecule is CC/C=C/C=C/C=C/C=C/C=C/CCCC(=O)OCC(COC(=O)CCCCCCCC/C=C/C/C=C/C/C=C/C/C=C/CC)OC(=O)CCCCCCC/C=C/C=C/C=C/C=C/CCCCC. The molecule has 0 amide bonds. The number of carbonyl (C=O) groups excluding carboxylic acids is 3. The molecule has 0 saturated heterocycles. The van der Waals surface area contributed by atoms with E-state index in [9.17, 15) is 14.4 Å². The normalized spacial score (nSPS) is 13.4. The van der Waals surface area contributed by atoms with Crippen LogP contribution in [0.5, 0.6) is 0 Å². The third kappa shape index (κ3) is 52.0. The molecule has 0 fully saturated rings. The molecule has 0 rings (SSSR count). The molecule has 0 aromatic rings. The van der Waals surface area contributed by atoms with E-state index in [0.717, 1.165) is 116 Å². The molecule has 0 bridgehead atoms. The van der Waals surface area contributed by atoms with Crippen LogP contribution < -0.4 is 0 Å². The van der Waals surface area contributed by atoms with Crippen molar-refractivity contribution in [2.45, 2.75) is 200 Å². The van der Waals surface area contributed by atoms with E-state index in [4.69, 9.17) is 14.2 Å². The third-order valence-electron chi connectivity index (χ3n) is 10.5. The molecule has 1 atom stereocenters. The van der Waals surface area contributed by atoms with Gasteiger partial charge in [-0.15, -0.1) is 0 Å². The lowest BCUT2D eigenvalue weighted by Gasteiger charge is -2.18. The summed E-state index contributed by atoms with van der Waals surface area (Å²) in [5.41, 5.74) is 0. The summed E-state index contributed by atoms with van der Waals surface area (Å²) in [6.45, 7) is 6.22. The van der Waals surface area contributed by atoms with Gasteiger partial charge >= 0.3 is 17.9 Å². The predicted octanol–water partition coefficient (Wildman–Crippen LogP) is 17.8. The first-order chi connectivity index (χ1) is 33.5. The molecule has 0 aliphatic carbocycles. The molecule has 0 N–H and O–H groups in total. The molecule has 0 heterocycles. The van der Waals surface area contributed by atoms with Crippen LogP contribution in [0.4, 0.5) is 0 Å². The first-order valence-corrected chi connectivity index (χ1v) is 26.6. The predicted molar refractivity (Wildman–Crippen MR) is 292 cm³/mol. The molecule has 378 valence electrons. The van der Waals surface area contributed by atoms with Crippen molar-refractivity contribution >= 4 is 17.9 Å². The van der Waals surface area contributed by atoms with Crippen LogP contribution in [0.15, 0.2) is 158 Å². The number of hydrogen-bond acceptors (Lipinski definition) is 6. The Kier molecular flexibility index (Phi) is 50.6. The van der Waals surface area contributed by atoms with Crippen LogP contribution in [0.25, 0.3) is 0 Å². The number of unbranched alkanes of at least 4 members (excludes halogenated alkanes) is 15. The van der Waals surface area contributed by atoms with Crippen LogP contribution in [-0.4, -0.2) is 37.2 Å². The van der Waals surface area contributed by atoms with Gasteiger partial charge in [0.05, 0.1) is 0 Å². The van der Waals surface area contributed by atoms with Crippen LogP contribution >= 0.6 is 0 Å². The van der Waals surface area contributed by atoms with Gasteiger partial charge in [0.1, 0.15) is 13.2 Å². The molecule has 0 aliphatic rings. The van der Waals surface area contributed by atoms with Crippen molar-refractivity contribution < 1.29 is 28.6 Å². The van der Waals surface area contributed by atoms with E-state index in [2.05, 4.69) is 124 Å². The zero-order valence-corrected chi connectivity index (χ0v) is 43.0. The van der Waals surface area contributed by atoms with E-state index >= 15 is 0 Å². The Bertz CT molecular complexity index is 1590. The molecular formula is C62H94O6. The van der Waals surface area contributed by atoms with Crippen molar-refractivity contribution in [2.75, 3.05) is 13.2 Å². The number of allylic oxidation sites excluding steroid dienone is 26. The minimum absolute atomic E-state index is 0.126. The Labute approximate surface area is 416 Å². The zero-order valence-electron chi connectivity index (χ0n) is 43.0. The van der Waals surface area contributed by atoms with Crippen molar-refractivity contribution in [3.8, 4) is 0 Å². The Balaban J connectivity index is 4.58. The molecule has 0 spiro atoms. The van der Waals surface area contributed by atoms with Crippen molar-refractivity contribution in [1.29, 1.82) is 0 Å². The van der Waals surface area contributed by atoms with E-state index in [1.54, 1.807) is 0 Å². The fourth-order valence-electron chi connectivity index (χ4n) is 6.53. The van der Waals surface area contributed by atoms with E-state index in [1.165, 1.54) is 32.1 Å². The van der Waals surface area contributed by atoms with E-state index in [0.29, 0.717) is 12.8 Å². The first-order valence-electron chi connectivity index (χ1n) is 26.6. The molecule has 6 nitrogen and oxygen atoms in total. The average molecular weight is 935 g/mol. The maximum atomic E-state index is 12.8. The lowest BCUT2D eigenvalue weighted by Crippen LogP contribution is -2.30.